The van der Waals surface area contributed by atoms with Gasteiger partial charge >= 0.3 is 0 Å². The number of hydrogen-bond donors (Lipinski definition) is 1. The van der Waals surface area contributed by atoms with Crippen LogP contribution in [0.15, 0.2) is 23.1 Å². The van der Waals surface area contributed by atoms with E-state index >= 15 is 0 Å². The van der Waals surface area contributed by atoms with Gasteiger partial charge in [0.15, 0.2) is 0 Å². The van der Waals surface area contributed by atoms with Gasteiger partial charge in [0.2, 0.25) is 15.9 Å². The van der Waals surface area contributed by atoms with Crippen LogP contribution in [-0.4, -0.2) is 57.3 Å². The predicted octanol–water partition coefficient (Wildman–Crippen LogP) is 2.17. The van der Waals surface area contributed by atoms with Crippen molar-refractivity contribution in [1.29, 1.82) is 0 Å². The van der Waals surface area contributed by atoms with E-state index in [9.17, 15) is 13.2 Å². The summed E-state index contributed by atoms with van der Waals surface area (Å²) >= 11 is 0. The predicted molar refractivity (Wildman–Crippen MR) is 105 cm³/mol. The van der Waals surface area contributed by atoms with Crippen LogP contribution in [0, 0.1) is 16.7 Å². The van der Waals surface area contributed by atoms with Gasteiger partial charge in [-0.05, 0) is 62.0 Å². The molecule has 2 aliphatic heterocycles. The van der Waals surface area contributed by atoms with Crippen LogP contribution in [0.4, 0.5) is 5.69 Å². The molecule has 27 heavy (non-hydrogen) atoms. The molecule has 0 spiro atoms. The lowest BCUT2D eigenvalue weighted by Crippen LogP contribution is -2.57. The van der Waals surface area contributed by atoms with Crippen LogP contribution in [-0.2, 0) is 21.2 Å². The van der Waals surface area contributed by atoms with Gasteiger partial charge in [0.1, 0.15) is 0 Å². The van der Waals surface area contributed by atoms with Gasteiger partial charge in [-0.15, -0.1) is 0 Å². The van der Waals surface area contributed by atoms with Crippen molar-refractivity contribution in [3.63, 3.8) is 0 Å². The number of hydrogen-bond acceptors (Lipinski definition) is 4. The van der Waals surface area contributed by atoms with Crippen molar-refractivity contribution in [2.45, 2.75) is 38.0 Å². The molecule has 1 aromatic rings. The smallest absolute Gasteiger partial charge is 0.243 e. The largest absolute Gasteiger partial charge is 0.326 e. The van der Waals surface area contributed by atoms with Crippen LogP contribution < -0.4 is 5.32 Å². The van der Waals surface area contributed by atoms with E-state index < -0.39 is 10.0 Å². The van der Waals surface area contributed by atoms with E-state index in [1.165, 1.54) is 0 Å². The van der Waals surface area contributed by atoms with E-state index in [0.29, 0.717) is 36.7 Å². The summed E-state index contributed by atoms with van der Waals surface area (Å²) in [5, 5.41) is 2.82. The van der Waals surface area contributed by atoms with Crippen molar-refractivity contribution in [2.75, 3.05) is 39.0 Å². The molecular weight excluding hydrogens is 362 g/mol. The molecular formula is C20H29N3O3S. The molecule has 1 aliphatic carbocycles. The number of aryl methyl sites for hydroxylation is 1. The summed E-state index contributed by atoms with van der Waals surface area (Å²) in [7, 11) is 0.590. The molecule has 1 amide bonds. The van der Waals surface area contributed by atoms with Crippen LogP contribution in [0.25, 0.3) is 0 Å². The van der Waals surface area contributed by atoms with Crippen molar-refractivity contribution in [3.05, 3.63) is 23.8 Å². The number of nitrogens with zero attached hydrogens (tertiary/aromatic N) is 2. The summed E-state index contributed by atoms with van der Waals surface area (Å²) in [6.45, 7) is 6.61. The Hall–Kier alpha value is -1.44. The monoisotopic (exact) mass is 391 g/mol. The SMILES string of the molecule is CN(C)C[C@@]12CN(S(=O)(=O)c3ccc4c(c3)CCC(=O)N4)C[C@@H]1C(C)(C)C2. The second-order valence-electron chi connectivity index (χ2n) is 9.48. The standard InChI is InChI=1S/C20H29N3O3S/c1-19(2)11-20(12-22(3)4)13-23(10-17(19)20)27(25,26)15-6-7-16-14(9-15)5-8-18(24)21-16/h6-7,9,17H,5,8,10-13H2,1-4H3,(H,21,24)/t17-,20+/m1/s1. The number of fused-ring (bicyclic) bond motifs is 2. The molecule has 2 heterocycles. The second-order valence-corrected chi connectivity index (χ2v) is 11.4. The molecule has 7 heteroatoms. The zero-order chi connectivity index (χ0) is 19.6. The van der Waals surface area contributed by atoms with Gasteiger partial charge in [-0.2, -0.15) is 4.31 Å². The topological polar surface area (TPSA) is 69.7 Å². The van der Waals surface area contributed by atoms with Crippen molar-refractivity contribution >= 4 is 21.6 Å². The number of anilines is 1. The van der Waals surface area contributed by atoms with E-state index in [4.69, 9.17) is 0 Å². The van der Waals surface area contributed by atoms with Gasteiger partial charge in [-0.1, -0.05) is 13.8 Å². The first-order chi connectivity index (χ1) is 12.5. The Kier molecular flexibility index (Phi) is 4.22. The number of carbonyl (C=O) groups excluding carboxylic acids is 1. The van der Waals surface area contributed by atoms with Crippen molar-refractivity contribution in [2.24, 2.45) is 16.7 Å². The lowest BCUT2D eigenvalue weighted by Gasteiger charge is -2.57. The maximum Gasteiger partial charge on any atom is 0.243 e. The number of sulfonamides is 1. The fourth-order valence-electron chi connectivity index (χ4n) is 5.78. The van der Waals surface area contributed by atoms with E-state index in [1.807, 2.05) is 0 Å². The second kappa shape index (κ2) is 6.03. The van der Waals surface area contributed by atoms with Crippen LogP contribution >= 0.6 is 0 Å². The first-order valence-electron chi connectivity index (χ1n) is 9.61. The van der Waals surface area contributed by atoms with Crippen LogP contribution in [0.3, 0.4) is 0 Å². The van der Waals surface area contributed by atoms with Gasteiger partial charge in [-0.25, -0.2) is 8.42 Å². The zero-order valence-corrected chi connectivity index (χ0v) is 17.4. The molecule has 1 saturated carbocycles. The molecule has 0 aromatic heterocycles. The zero-order valence-electron chi connectivity index (χ0n) is 16.6. The quantitative estimate of drug-likeness (QED) is 0.854. The number of amides is 1. The van der Waals surface area contributed by atoms with Gasteiger partial charge in [0, 0.05) is 37.2 Å². The van der Waals surface area contributed by atoms with Crippen molar-refractivity contribution < 1.29 is 13.2 Å². The molecule has 3 aliphatic rings. The fourth-order valence-corrected chi connectivity index (χ4v) is 7.38. The molecule has 0 bridgehead atoms. The minimum atomic E-state index is -3.53. The highest BCUT2D eigenvalue weighted by atomic mass is 32.2. The van der Waals surface area contributed by atoms with E-state index in [-0.39, 0.29) is 16.7 Å². The summed E-state index contributed by atoms with van der Waals surface area (Å²) in [5.74, 6) is 0.376. The number of benzene rings is 1. The third-order valence-electron chi connectivity index (χ3n) is 6.61. The Labute approximate surface area is 162 Å². The molecule has 2 atom stereocenters. The minimum Gasteiger partial charge on any atom is -0.326 e. The molecule has 0 radical (unpaired) electrons. The molecule has 4 rings (SSSR count). The van der Waals surface area contributed by atoms with Crippen molar-refractivity contribution in [3.8, 4) is 0 Å². The Morgan fingerprint density at radius 1 is 1.26 bits per heavy atom. The van der Waals surface area contributed by atoms with Gasteiger partial charge < -0.3 is 10.2 Å². The van der Waals surface area contributed by atoms with Crippen LogP contribution in [0.2, 0.25) is 0 Å². The minimum absolute atomic E-state index is 0.0120. The Bertz CT molecular complexity index is 890. The summed E-state index contributed by atoms with van der Waals surface area (Å²) in [6, 6.07) is 5.10. The molecule has 2 fully saturated rings. The highest BCUT2D eigenvalue weighted by molar-refractivity contribution is 7.89. The summed E-state index contributed by atoms with van der Waals surface area (Å²) in [4.78, 5) is 14.1. The lowest BCUT2D eigenvalue weighted by atomic mass is 9.48. The molecule has 1 saturated heterocycles. The van der Waals surface area contributed by atoms with Crippen molar-refractivity contribution in [1.82, 2.24) is 9.21 Å². The van der Waals surface area contributed by atoms with Crippen LogP contribution in [0.1, 0.15) is 32.3 Å². The third-order valence-corrected chi connectivity index (χ3v) is 8.42. The molecule has 148 valence electrons. The number of rotatable bonds is 4. The van der Waals surface area contributed by atoms with Gasteiger partial charge in [0.05, 0.1) is 4.90 Å². The first kappa shape index (κ1) is 18.9. The van der Waals surface area contributed by atoms with E-state index in [0.717, 1.165) is 24.2 Å². The first-order valence-corrected chi connectivity index (χ1v) is 11.1. The van der Waals surface area contributed by atoms with Gasteiger partial charge in [0.25, 0.3) is 0 Å². The highest BCUT2D eigenvalue weighted by Gasteiger charge is 2.64. The van der Waals surface area contributed by atoms with Crippen LogP contribution in [0.5, 0.6) is 0 Å². The van der Waals surface area contributed by atoms with E-state index in [1.54, 1.807) is 22.5 Å². The Balaban J connectivity index is 1.63. The summed E-state index contributed by atoms with van der Waals surface area (Å²) in [5.41, 5.74) is 1.88. The Morgan fingerprint density at radius 2 is 2.00 bits per heavy atom. The maximum atomic E-state index is 13.4. The average Bonchev–Trinajstić information content (AvgIpc) is 2.88. The lowest BCUT2D eigenvalue weighted by molar-refractivity contribution is -0.116. The summed E-state index contributed by atoms with van der Waals surface area (Å²) < 4.78 is 28.4. The average molecular weight is 392 g/mol. The maximum absolute atomic E-state index is 13.4. The number of nitrogens with one attached hydrogen (secondary N) is 1. The molecule has 6 nitrogen and oxygen atoms in total. The molecule has 0 unspecified atom stereocenters. The highest BCUT2D eigenvalue weighted by Crippen LogP contribution is 2.63. The molecule has 1 N–H and O–H groups in total. The Morgan fingerprint density at radius 3 is 2.67 bits per heavy atom. The fraction of sp³-hybridized carbons (Fsp3) is 0.650. The summed E-state index contributed by atoms with van der Waals surface area (Å²) in [6.07, 6.45) is 2.05. The third kappa shape index (κ3) is 3.00. The van der Waals surface area contributed by atoms with E-state index in [2.05, 4.69) is 38.2 Å². The molecule has 1 aromatic carbocycles. The van der Waals surface area contributed by atoms with Gasteiger partial charge in [-0.3, -0.25) is 4.79 Å². The normalized spacial score (nSPS) is 29.8. The number of carbonyl (C=O) groups is 1.